The molecule has 1 aromatic carbocycles. The van der Waals surface area contributed by atoms with Gasteiger partial charge in [0, 0.05) is 25.0 Å². The van der Waals surface area contributed by atoms with E-state index in [2.05, 4.69) is 27.7 Å². The number of benzene rings is 1. The highest BCUT2D eigenvalue weighted by molar-refractivity contribution is 5.77. The van der Waals surface area contributed by atoms with Gasteiger partial charge >= 0.3 is 6.03 Å². The third-order valence-electron chi connectivity index (χ3n) is 4.35. The first-order valence-corrected chi connectivity index (χ1v) is 8.46. The largest absolute Gasteiger partial charge is 0.460 e. The molecular formula is C18H25N3O2. The first-order chi connectivity index (χ1) is 11.2. The predicted molar refractivity (Wildman–Crippen MR) is 91.3 cm³/mol. The Hall–Kier alpha value is -2.01. The Kier molecular flexibility index (Phi) is 5.18. The Bertz CT molecular complexity index is 620. The van der Waals surface area contributed by atoms with Gasteiger partial charge in [0.25, 0.3) is 0 Å². The minimum atomic E-state index is -0.0677. The van der Waals surface area contributed by atoms with E-state index in [0.29, 0.717) is 12.5 Å². The van der Waals surface area contributed by atoms with Crippen LogP contribution >= 0.6 is 0 Å². The van der Waals surface area contributed by atoms with Crippen LogP contribution in [0.1, 0.15) is 25.5 Å². The van der Waals surface area contributed by atoms with E-state index in [-0.39, 0.29) is 6.03 Å². The zero-order valence-corrected chi connectivity index (χ0v) is 13.7. The minimum Gasteiger partial charge on any atom is -0.460 e. The lowest BCUT2D eigenvalue weighted by atomic mass is 9.98. The van der Waals surface area contributed by atoms with Gasteiger partial charge in [0.1, 0.15) is 11.3 Å². The van der Waals surface area contributed by atoms with E-state index in [1.54, 1.807) is 0 Å². The summed E-state index contributed by atoms with van der Waals surface area (Å²) in [5, 5.41) is 6.89. The summed E-state index contributed by atoms with van der Waals surface area (Å²) >= 11 is 0. The highest BCUT2D eigenvalue weighted by Gasteiger charge is 2.21. The Morgan fingerprint density at radius 1 is 1.35 bits per heavy atom. The number of piperidine rings is 1. The molecule has 2 aromatic rings. The summed E-state index contributed by atoms with van der Waals surface area (Å²) in [6.45, 7) is 6.26. The van der Waals surface area contributed by atoms with Gasteiger partial charge in [0.2, 0.25) is 0 Å². The fourth-order valence-electron chi connectivity index (χ4n) is 3.26. The highest BCUT2D eigenvalue weighted by Crippen LogP contribution is 2.22. The van der Waals surface area contributed by atoms with E-state index in [9.17, 15) is 4.79 Å². The molecule has 23 heavy (non-hydrogen) atoms. The molecule has 1 aliphatic heterocycles. The molecule has 124 valence electrons. The Morgan fingerprint density at radius 2 is 2.22 bits per heavy atom. The second-order valence-electron chi connectivity index (χ2n) is 6.23. The second-order valence-corrected chi connectivity index (χ2v) is 6.23. The maximum Gasteiger partial charge on any atom is 0.314 e. The van der Waals surface area contributed by atoms with Gasteiger partial charge in [-0.1, -0.05) is 18.2 Å². The fraction of sp³-hybridized carbons (Fsp3) is 0.500. The van der Waals surface area contributed by atoms with Crippen LogP contribution < -0.4 is 10.6 Å². The van der Waals surface area contributed by atoms with Crippen molar-refractivity contribution in [2.75, 3.05) is 26.2 Å². The zero-order valence-electron chi connectivity index (χ0n) is 13.7. The van der Waals surface area contributed by atoms with Gasteiger partial charge in [-0.05, 0) is 44.4 Å². The number of hydrogen-bond acceptors (Lipinski definition) is 3. The monoisotopic (exact) mass is 315 g/mol. The molecular weight excluding hydrogens is 290 g/mol. The van der Waals surface area contributed by atoms with Crippen LogP contribution in [0.4, 0.5) is 4.79 Å². The summed E-state index contributed by atoms with van der Waals surface area (Å²) in [7, 11) is 0. The van der Waals surface area contributed by atoms with Crippen LogP contribution in [0.5, 0.6) is 0 Å². The number of likely N-dealkylation sites (tertiary alicyclic amines) is 1. The number of carbonyl (C=O) groups excluding carboxylic acids is 1. The van der Waals surface area contributed by atoms with Gasteiger partial charge < -0.3 is 15.1 Å². The number of furan rings is 1. The molecule has 5 nitrogen and oxygen atoms in total. The van der Waals surface area contributed by atoms with Gasteiger partial charge in [0.05, 0.1) is 6.54 Å². The van der Waals surface area contributed by atoms with E-state index < -0.39 is 0 Å². The summed E-state index contributed by atoms with van der Waals surface area (Å²) in [5.41, 5.74) is 0.953. The number of amides is 2. The van der Waals surface area contributed by atoms with Crippen molar-refractivity contribution in [3.05, 3.63) is 36.1 Å². The van der Waals surface area contributed by atoms with E-state index in [4.69, 9.17) is 4.42 Å². The maximum atomic E-state index is 11.5. The molecule has 1 saturated heterocycles. The highest BCUT2D eigenvalue weighted by atomic mass is 16.3. The summed E-state index contributed by atoms with van der Waals surface area (Å²) in [6.07, 6.45) is 2.34. The molecule has 1 aromatic heterocycles. The van der Waals surface area contributed by atoms with Crippen molar-refractivity contribution < 1.29 is 9.21 Å². The van der Waals surface area contributed by atoms with E-state index >= 15 is 0 Å². The lowest BCUT2D eigenvalue weighted by molar-refractivity contribution is 0.156. The van der Waals surface area contributed by atoms with Gasteiger partial charge in [-0.2, -0.15) is 0 Å². The quantitative estimate of drug-likeness (QED) is 0.892. The average Bonchev–Trinajstić information content (AvgIpc) is 2.96. The third-order valence-corrected chi connectivity index (χ3v) is 4.35. The number of para-hydroxylation sites is 1. The lowest BCUT2D eigenvalue weighted by Gasteiger charge is -2.32. The summed E-state index contributed by atoms with van der Waals surface area (Å²) < 4.78 is 5.91. The molecule has 1 aliphatic rings. The van der Waals surface area contributed by atoms with Crippen molar-refractivity contribution >= 4 is 17.0 Å². The Balaban J connectivity index is 1.53. The van der Waals surface area contributed by atoms with Crippen molar-refractivity contribution in [3.63, 3.8) is 0 Å². The number of rotatable bonds is 5. The summed E-state index contributed by atoms with van der Waals surface area (Å²) in [5.74, 6) is 1.53. The molecule has 0 bridgehead atoms. The Morgan fingerprint density at radius 3 is 3.04 bits per heavy atom. The number of urea groups is 1. The topological polar surface area (TPSA) is 57.5 Å². The molecule has 0 saturated carbocycles. The van der Waals surface area contributed by atoms with Gasteiger partial charge in [0.15, 0.2) is 0 Å². The number of fused-ring (bicyclic) bond motifs is 1. The molecule has 3 rings (SSSR count). The molecule has 0 spiro atoms. The van der Waals surface area contributed by atoms with Crippen molar-refractivity contribution in [1.82, 2.24) is 15.5 Å². The van der Waals surface area contributed by atoms with Crippen LogP contribution in [0.25, 0.3) is 11.0 Å². The lowest BCUT2D eigenvalue weighted by Crippen LogP contribution is -2.43. The van der Waals surface area contributed by atoms with Crippen molar-refractivity contribution in [3.8, 4) is 0 Å². The standard InChI is InChI=1S/C18H25N3O2/c1-2-19-18(22)20-11-14-6-5-9-21(12-14)13-16-10-15-7-3-4-8-17(15)23-16/h3-4,7-8,10,14H,2,5-6,9,11-13H2,1H3,(H2,19,20,22). The summed E-state index contributed by atoms with van der Waals surface area (Å²) in [4.78, 5) is 13.9. The molecule has 2 heterocycles. The zero-order chi connectivity index (χ0) is 16.1. The van der Waals surface area contributed by atoms with Crippen molar-refractivity contribution in [1.29, 1.82) is 0 Å². The predicted octanol–water partition coefficient (Wildman–Crippen LogP) is 2.96. The third kappa shape index (κ3) is 4.26. The fourth-order valence-corrected chi connectivity index (χ4v) is 3.26. The molecule has 1 fully saturated rings. The van der Waals surface area contributed by atoms with Gasteiger partial charge in [-0.3, -0.25) is 4.90 Å². The molecule has 1 atom stereocenters. The number of hydrogen-bond donors (Lipinski definition) is 2. The number of nitrogens with zero attached hydrogens (tertiary/aromatic N) is 1. The van der Waals surface area contributed by atoms with Gasteiger partial charge in [-0.15, -0.1) is 0 Å². The minimum absolute atomic E-state index is 0.0677. The average molecular weight is 315 g/mol. The SMILES string of the molecule is CCNC(=O)NCC1CCCN(Cc2cc3ccccc3o2)C1. The normalized spacial score (nSPS) is 18.9. The van der Waals surface area contributed by atoms with Crippen LogP contribution in [0.15, 0.2) is 34.7 Å². The van der Waals surface area contributed by atoms with Crippen molar-refractivity contribution in [2.24, 2.45) is 5.92 Å². The van der Waals surface area contributed by atoms with Crippen LogP contribution in [0, 0.1) is 5.92 Å². The number of carbonyl (C=O) groups is 1. The molecule has 0 aliphatic carbocycles. The molecule has 1 unspecified atom stereocenters. The van der Waals surface area contributed by atoms with Crippen LogP contribution in [-0.2, 0) is 6.54 Å². The maximum absolute atomic E-state index is 11.5. The first kappa shape index (κ1) is 15.9. The van der Waals surface area contributed by atoms with E-state index in [1.807, 2.05) is 25.1 Å². The second kappa shape index (κ2) is 7.51. The van der Waals surface area contributed by atoms with Crippen molar-refractivity contribution in [2.45, 2.75) is 26.3 Å². The molecule has 5 heteroatoms. The van der Waals surface area contributed by atoms with Crippen LogP contribution in [-0.4, -0.2) is 37.1 Å². The molecule has 2 N–H and O–H groups in total. The first-order valence-electron chi connectivity index (χ1n) is 8.46. The smallest absolute Gasteiger partial charge is 0.314 e. The van der Waals surface area contributed by atoms with E-state index in [1.165, 1.54) is 12.8 Å². The van der Waals surface area contributed by atoms with Gasteiger partial charge in [-0.25, -0.2) is 4.79 Å². The molecule has 0 radical (unpaired) electrons. The van der Waals surface area contributed by atoms with Crippen LogP contribution in [0.3, 0.4) is 0 Å². The molecule has 2 amide bonds. The van der Waals surface area contributed by atoms with E-state index in [0.717, 1.165) is 42.9 Å². The summed E-state index contributed by atoms with van der Waals surface area (Å²) in [6, 6.07) is 10.2. The Labute approximate surface area is 137 Å². The number of nitrogens with one attached hydrogen (secondary N) is 2. The van der Waals surface area contributed by atoms with Crippen LogP contribution in [0.2, 0.25) is 0 Å².